The van der Waals surface area contributed by atoms with Gasteiger partial charge in [0, 0.05) is 67.2 Å². The van der Waals surface area contributed by atoms with Gasteiger partial charge < -0.3 is 25.6 Å². The van der Waals surface area contributed by atoms with Crippen LogP contribution in [0.4, 0.5) is 23.0 Å². The van der Waals surface area contributed by atoms with Crippen LogP contribution < -0.4 is 26.2 Å². The van der Waals surface area contributed by atoms with Crippen molar-refractivity contribution in [3.8, 4) is 11.4 Å². The molecule has 2 aromatic carbocycles. The van der Waals surface area contributed by atoms with E-state index in [2.05, 4.69) is 46.4 Å². The highest BCUT2D eigenvalue weighted by Gasteiger charge is 2.18. The van der Waals surface area contributed by atoms with Gasteiger partial charge in [0.15, 0.2) is 5.65 Å². The number of hydrogen-bond acceptors (Lipinski definition) is 8. The molecule has 0 saturated carbocycles. The van der Waals surface area contributed by atoms with Gasteiger partial charge in [-0.15, -0.1) is 0 Å². The maximum Gasteiger partial charge on any atom is 0.260 e. The number of nitrogens with two attached hydrogens (primary N) is 1. The highest BCUT2D eigenvalue weighted by molar-refractivity contribution is 5.79. The molecule has 0 unspecified atom stereocenters. The third-order valence-electron chi connectivity index (χ3n) is 7.23. The number of nitrogens with zero attached hydrogens (tertiary/aromatic N) is 5. The predicted octanol–water partition coefficient (Wildman–Crippen LogP) is 4.71. The Balaban J connectivity index is 1.56. The molecule has 0 bridgehead atoms. The maximum atomic E-state index is 13.9. The maximum absolute atomic E-state index is 13.9. The van der Waals surface area contributed by atoms with Gasteiger partial charge in [-0.1, -0.05) is 37.5 Å². The molecule has 41 heavy (non-hydrogen) atoms. The minimum atomic E-state index is -0.196. The molecule has 9 heteroatoms. The van der Waals surface area contributed by atoms with E-state index < -0.39 is 0 Å². The average Bonchev–Trinajstić information content (AvgIpc) is 2.98. The molecule has 1 aliphatic heterocycles. The van der Waals surface area contributed by atoms with Crippen molar-refractivity contribution >= 4 is 34.0 Å². The number of likely N-dealkylation sites (N-methyl/N-ethyl adjacent to an activating group) is 1. The first-order chi connectivity index (χ1) is 19.9. The van der Waals surface area contributed by atoms with E-state index in [4.69, 9.17) is 15.5 Å². The molecule has 0 spiro atoms. The summed E-state index contributed by atoms with van der Waals surface area (Å²) in [6, 6.07) is 15.1. The van der Waals surface area contributed by atoms with Crippen LogP contribution in [0.5, 0.6) is 5.75 Å². The van der Waals surface area contributed by atoms with Crippen LogP contribution in [0, 0.1) is 0 Å². The molecular weight excluding hydrogens is 514 g/mol. The molecular formula is C32H35N7O2. The van der Waals surface area contributed by atoms with Crippen molar-refractivity contribution in [1.82, 2.24) is 19.4 Å². The minimum absolute atomic E-state index is 0.196. The van der Waals surface area contributed by atoms with Gasteiger partial charge in [-0.3, -0.25) is 9.36 Å². The summed E-state index contributed by atoms with van der Waals surface area (Å²) in [5, 5.41) is 4.00. The van der Waals surface area contributed by atoms with Gasteiger partial charge in [0.05, 0.1) is 18.5 Å². The van der Waals surface area contributed by atoms with E-state index in [0.717, 1.165) is 43.1 Å². The molecule has 3 heterocycles. The highest BCUT2D eigenvalue weighted by Crippen LogP contribution is 2.32. The molecule has 1 aliphatic rings. The van der Waals surface area contributed by atoms with E-state index in [9.17, 15) is 4.79 Å². The van der Waals surface area contributed by atoms with E-state index >= 15 is 0 Å². The largest absolute Gasteiger partial charge is 0.494 e. The number of fused-ring (bicyclic) bond motifs is 1. The number of pyridine rings is 1. The van der Waals surface area contributed by atoms with Crippen molar-refractivity contribution in [1.29, 1.82) is 0 Å². The number of methoxy groups -OCH3 is 1. The number of rotatable bonds is 9. The molecule has 0 amide bonds. The molecule has 2 aromatic heterocycles. The smallest absolute Gasteiger partial charge is 0.260 e. The first-order valence-corrected chi connectivity index (χ1v) is 13.5. The van der Waals surface area contributed by atoms with E-state index in [1.165, 1.54) is 0 Å². The first-order valence-electron chi connectivity index (χ1n) is 13.5. The number of anilines is 4. The van der Waals surface area contributed by atoms with Crippen molar-refractivity contribution in [2.45, 2.75) is 6.42 Å². The van der Waals surface area contributed by atoms with E-state index in [-0.39, 0.29) is 5.56 Å². The second-order valence-corrected chi connectivity index (χ2v) is 10.0. The Hall–Kier alpha value is -4.89. The molecule has 1 saturated heterocycles. The van der Waals surface area contributed by atoms with Crippen LogP contribution in [-0.2, 0) is 6.42 Å². The third-order valence-corrected chi connectivity index (χ3v) is 7.23. The molecule has 210 valence electrons. The SMILES string of the molecule is C=C/C=C(\C=C)Cc1cc2cnc(Nc3ccc(N4CCN(C)CC4)cc3OC)nc2n(-c2cccc(N)c2)c1=O. The molecule has 1 fully saturated rings. The van der Waals surface area contributed by atoms with Crippen LogP contribution in [0.3, 0.4) is 0 Å². The minimum Gasteiger partial charge on any atom is -0.494 e. The molecule has 5 rings (SSSR count). The van der Waals surface area contributed by atoms with Gasteiger partial charge in [0.25, 0.3) is 5.56 Å². The lowest BCUT2D eigenvalue weighted by Gasteiger charge is -2.34. The lowest BCUT2D eigenvalue weighted by atomic mass is 10.0. The number of nitrogen functional groups attached to an aromatic ring is 1. The standard InChI is InChI=1S/C32H35N7O2/c1-5-8-22(6-2)17-23-18-24-21-34-32(36-30(24)39(31(23)40)27-10-7-9-25(33)19-27)35-28-12-11-26(20-29(28)41-4)38-15-13-37(3)14-16-38/h5-12,18-21H,1-2,13-17,33H2,3-4H3,(H,34,35,36)/b22-8+. The summed E-state index contributed by atoms with van der Waals surface area (Å²) in [7, 11) is 3.78. The summed E-state index contributed by atoms with van der Waals surface area (Å²) in [6.45, 7) is 11.6. The first kappa shape index (κ1) is 27.7. The van der Waals surface area contributed by atoms with Gasteiger partial charge in [0.2, 0.25) is 5.95 Å². The van der Waals surface area contributed by atoms with Crippen molar-refractivity contribution in [3.63, 3.8) is 0 Å². The zero-order chi connectivity index (χ0) is 28.9. The zero-order valence-corrected chi connectivity index (χ0v) is 23.5. The lowest BCUT2D eigenvalue weighted by Crippen LogP contribution is -2.44. The van der Waals surface area contributed by atoms with Crippen LogP contribution >= 0.6 is 0 Å². The summed E-state index contributed by atoms with van der Waals surface area (Å²) in [6.07, 6.45) is 7.35. The van der Waals surface area contributed by atoms with Crippen LogP contribution in [0.1, 0.15) is 5.56 Å². The Morgan fingerprint density at radius 2 is 1.90 bits per heavy atom. The van der Waals surface area contributed by atoms with Gasteiger partial charge in [0.1, 0.15) is 5.75 Å². The second-order valence-electron chi connectivity index (χ2n) is 10.0. The number of nitrogens with one attached hydrogen (secondary N) is 1. The zero-order valence-electron chi connectivity index (χ0n) is 23.5. The number of allylic oxidation sites excluding steroid dienone is 4. The van der Waals surface area contributed by atoms with Gasteiger partial charge in [-0.05, 0) is 49.0 Å². The Labute approximate surface area is 239 Å². The topological polar surface area (TPSA) is 102 Å². The Morgan fingerprint density at radius 3 is 2.61 bits per heavy atom. The van der Waals surface area contributed by atoms with Gasteiger partial charge in [-0.25, -0.2) is 4.98 Å². The van der Waals surface area contributed by atoms with Crippen LogP contribution in [0.15, 0.2) is 96.5 Å². The fourth-order valence-electron chi connectivity index (χ4n) is 4.98. The summed E-state index contributed by atoms with van der Waals surface area (Å²) >= 11 is 0. The summed E-state index contributed by atoms with van der Waals surface area (Å²) < 4.78 is 7.30. The normalized spacial score (nSPS) is 14.2. The van der Waals surface area contributed by atoms with Gasteiger partial charge in [-0.2, -0.15) is 4.98 Å². The number of aromatic nitrogens is 3. The van der Waals surface area contributed by atoms with Crippen molar-refractivity contribution in [2.24, 2.45) is 0 Å². The quantitative estimate of drug-likeness (QED) is 0.229. The highest BCUT2D eigenvalue weighted by atomic mass is 16.5. The summed E-state index contributed by atoms with van der Waals surface area (Å²) in [4.78, 5) is 27.9. The predicted molar refractivity (Wildman–Crippen MR) is 168 cm³/mol. The number of piperazine rings is 1. The molecule has 9 nitrogen and oxygen atoms in total. The fraction of sp³-hybridized carbons (Fsp3) is 0.219. The van der Waals surface area contributed by atoms with E-state index in [1.54, 1.807) is 42.2 Å². The molecule has 0 radical (unpaired) electrons. The fourth-order valence-corrected chi connectivity index (χ4v) is 4.98. The summed E-state index contributed by atoms with van der Waals surface area (Å²) in [5.41, 5.74) is 10.8. The Bertz CT molecular complexity index is 1680. The van der Waals surface area contributed by atoms with E-state index in [1.807, 2.05) is 36.4 Å². The van der Waals surface area contributed by atoms with Crippen molar-refractivity contribution < 1.29 is 4.74 Å². The molecule has 0 aliphatic carbocycles. The van der Waals surface area contributed by atoms with Gasteiger partial charge >= 0.3 is 0 Å². The second kappa shape index (κ2) is 12.1. The molecule has 4 aromatic rings. The van der Waals surface area contributed by atoms with Crippen molar-refractivity contribution in [2.75, 3.05) is 56.3 Å². The lowest BCUT2D eigenvalue weighted by molar-refractivity contribution is 0.312. The molecule has 3 N–H and O–H groups in total. The Kier molecular flexibility index (Phi) is 8.16. The third kappa shape index (κ3) is 6.00. The number of hydrogen-bond donors (Lipinski definition) is 2. The van der Waals surface area contributed by atoms with Crippen molar-refractivity contribution in [3.05, 3.63) is 108 Å². The average molecular weight is 550 g/mol. The number of benzene rings is 2. The Morgan fingerprint density at radius 1 is 1.10 bits per heavy atom. The van der Waals surface area contributed by atoms with Crippen LogP contribution in [-0.4, -0.2) is 59.8 Å². The van der Waals surface area contributed by atoms with E-state index in [0.29, 0.717) is 46.1 Å². The van der Waals surface area contributed by atoms with Crippen LogP contribution in [0.25, 0.3) is 16.7 Å². The molecule has 0 atom stereocenters. The summed E-state index contributed by atoms with van der Waals surface area (Å²) in [5.74, 6) is 1.02. The van der Waals surface area contributed by atoms with Crippen LogP contribution in [0.2, 0.25) is 0 Å². The number of ether oxygens (including phenoxy) is 1. The monoisotopic (exact) mass is 549 g/mol.